The van der Waals surface area contributed by atoms with Crippen LogP contribution in [0.2, 0.25) is 0 Å². The molecular weight excluding hydrogens is 274 g/mol. The molecule has 1 saturated carbocycles. The van der Waals surface area contributed by atoms with Gasteiger partial charge in [-0.25, -0.2) is 4.98 Å². The molecule has 0 radical (unpaired) electrons. The number of carbonyl (C=O) groups excluding carboxylic acids is 2. The normalized spacial score (nSPS) is 25.1. The third-order valence-corrected chi connectivity index (χ3v) is 5.42. The molecular formula is C14H17N3O2S. The molecule has 2 aliphatic carbocycles. The first-order valence-electron chi connectivity index (χ1n) is 7.29. The Hall–Kier alpha value is -1.43. The van der Waals surface area contributed by atoms with E-state index in [4.69, 9.17) is 0 Å². The molecule has 20 heavy (non-hydrogen) atoms. The van der Waals surface area contributed by atoms with Crippen LogP contribution < -0.4 is 5.32 Å². The summed E-state index contributed by atoms with van der Waals surface area (Å²) >= 11 is 1.59. The fourth-order valence-corrected chi connectivity index (χ4v) is 4.15. The average Bonchev–Trinajstić information content (AvgIpc) is 2.85. The number of rotatable bonds is 3. The molecule has 6 heteroatoms. The van der Waals surface area contributed by atoms with E-state index in [9.17, 15) is 9.59 Å². The highest BCUT2D eigenvalue weighted by atomic mass is 32.1. The maximum atomic E-state index is 12.3. The van der Waals surface area contributed by atoms with Crippen molar-refractivity contribution in [3.63, 3.8) is 0 Å². The fourth-order valence-electron chi connectivity index (χ4n) is 3.10. The summed E-state index contributed by atoms with van der Waals surface area (Å²) in [6, 6.07) is 0.406. The third kappa shape index (κ3) is 2.12. The second-order valence-electron chi connectivity index (χ2n) is 5.91. The molecule has 0 aromatic carbocycles. The summed E-state index contributed by atoms with van der Waals surface area (Å²) in [4.78, 5) is 31.8. The molecule has 1 saturated heterocycles. The van der Waals surface area contributed by atoms with Crippen LogP contribution in [-0.2, 0) is 22.4 Å². The molecule has 3 aliphatic rings. The van der Waals surface area contributed by atoms with Gasteiger partial charge in [0.2, 0.25) is 11.8 Å². The van der Waals surface area contributed by atoms with E-state index in [0.717, 1.165) is 31.4 Å². The van der Waals surface area contributed by atoms with E-state index in [2.05, 4.69) is 10.3 Å². The van der Waals surface area contributed by atoms with E-state index in [1.165, 1.54) is 11.3 Å². The highest BCUT2D eigenvalue weighted by Crippen LogP contribution is 2.34. The molecule has 1 unspecified atom stereocenters. The Kier molecular flexibility index (Phi) is 2.80. The van der Waals surface area contributed by atoms with E-state index < -0.39 is 0 Å². The summed E-state index contributed by atoms with van der Waals surface area (Å²) < 4.78 is 0. The number of aryl methyl sites for hydroxylation is 2. The van der Waals surface area contributed by atoms with Crippen LogP contribution in [0.3, 0.4) is 0 Å². The molecule has 4 rings (SSSR count). The zero-order chi connectivity index (χ0) is 13.7. The molecule has 5 nitrogen and oxygen atoms in total. The number of hydrogen-bond donors (Lipinski definition) is 1. The number of carbonyl (C=O) groups is 2. The number of likely N-dealkylation sites (tertiary alicyclic amines) is 1. The molecule has 0 spiro atoms. The van der Waals surface area contributed by atoms with Crippen molar-refractivity contribution in [1.82, 2.24) is 9.88 Å². The summed E-state index contributed by atoms with van der Waals surface area (Å²) in [5.74, 6) is -0.120. The third-order valence-electron chi connectivity index (χ3n) is 4.34. The van der Waals surface area contributed by atoms with Crippen LogP contribution in [0, 0.1) is 5.92 Å². The van der Waals surface area contributed by atoms with Gasteiger partial charge < -0.3 is 10.2 Å². The van der Waals surface area contributed by atoms with Crippen molar-refractivity contribution < 1.29 is 9.59 Å². The minimum absolute atomic E-state index is 0.0473. The molecule has 1 atom stereocenters. The summed E-state index contributed by atoms with van der Waals surface area (Å²) in [7, 11) is 0. The van der Waals surface area contributed by atoms with Gasteiger partial charge in [-0.2, -0.15) is 0 Å². The first-order valence-corrected chi connectivity index (χ1v) is 8.11. The van der Waals surface area contributed by atoms with Crippen LogP contribution in [0.4, 0.5) is 5.13 Å². The van der Waals surface area contributed by atoms with E-state index >= 15 is 0 Å². The molecule has 1 aromatic rings. The number of anilines is 1. The van der Waals surface area contributed by atoms with Crippen LogP contribution in [0.25, 0.3) is 0 Å². The van der Waals surface area contributed by atoms with Crippen LogP contribution >= 0.6 is 11.3 Å². The van der Waals surface area contributed by atoms with Gasteiger partial charge in [0, 0.05) is 23.9 Å². The quantitative estimate of drug-likeness (QED) is 0.919. The predicted octanol–water partition coefficient (Wildman–Crippen LogP) is 1.58. The van der Waals surface area contributed by atoms with Gasteiger partial charge >= 0.3 is 0 Å². The van der Waals surface area contributed by atoms with E-state index in [1.807, 2.05) is 4.90 Å². The van der Waals surface area contributed by atoms with Crippen molar-refractivity contribution in [3.05, 3.63) is 10.6 Å². The molecule has 0 bridgehead atoms. The summed E-state index contributed by atoms with van der Waals surface area (Å²) in [5.41, 5.74) is 1.15. The predicted molar refractivity (Wildman–Crippen MR) is 75.6 cm³/mol. The summed E-state index contributed by atoms with van der Waals surface area (Å²) in [6.07, 6.45) is 5.83. The van der Waals surface area contributed by atoms with Gasteiger partial charge in [0.25, 0.3) is 0 Å². The number of nitrogens with zero attached hydrogens (tertiary/aromatic N) is 2. The maximum absolute atomic E-state index is 12.3. The largest absolute Gasteiger partial charge is 0.339 e. The minimum atomic E-state index is -0.207. The number of fused-ring (bicyclic) bond motifs is 1. The van der Waals surface area contributed by atoms with Gasteiger partial charge in [0.1, 0.15) is 0 Å². The topological polar surface area (TPSA) is 62.3 Å². The van der Waals surface area contributed by atoms with E-state index in [-0.39, 0.29) is 17.7 Å². The highest BCUT2D eigenvalue weighted by Gasteiger charge is 2.41. The molecule has 2 heterocycles. The van der Waals surface area contributed by atoms with Crippen molar-refractivity contribution in [1.29, 1.82) is 0 Å². The first-order chi connectivity index (χ1) is 9.70. The lowest BCUT2D eigenvalue weighted by atomic mass is 10.1. The number of nitrogens with one attached hydrogen (secondary N) is 1. The van der Waals surface area contributed by atoms with Crippen LogP contribution in [0.1, 0.15) is 36.3 Å². The van der Waals surface area contributed by atoms with Crippen LogP contribution in [-0.4, -0.2) is 34.3 Å². The number of amides is 2. The van der Waals surface area contributed by atoms with Gasteiger partial charge in [-0.05, 0) is 32.1 Å². The average molecular weight is 291 g/mol. The molecule has 1 aromatic heterocycles. The van der Waals surface area contributed by atoms with E-state index in [0.29, 0.717) is 24.1 Å². The Balaban J connectivity index is 1.41. The van der Waals surface area contributed by atoms with Crippen molar-refractivity contribution in [2.75, 3.05) is 11.9 Å². The second kappa shape index (κ2) is 4.55. The van der Waals surface area contributed by atoms with Crippen molar-refractivity contribution in [3.8, 4) is 0 Å². The lowest BCUT2D eigenvalue weighted by Crippen LogP contribution is -2.29. The monoisotopic (exact) mass is 291 g/mol. The number of thiazole rings is 1. The number of aromatic nitrogens is 1. The minimum Gasteiger partial charge on any atom is -0.339 e. The lowest BCUT2D eigenvalue weighted by Gasteiger charge is -2.14. The molecule has 2 amide bonds. The number of hydrogen-bond acceptors (Lipinski definition) is 4. The van der Waals surface area contributed by atoms with E-state index in [1.54, 1.807) is 11.3 Å². The first kappa shape index (κ1) is 12.3. The Bertz CT molecular complexity index is 557. The Morgan fingerprint density at radius 3 is 2.95 bits per heavy atom. The Labute approximate surface area is 121 Å². The maximum Gasteiger partial charge on any atom is 0.231 e. The SMILES string of the molecule is O=C(Nc1nc2c(s1)CCC2)C1CC(=O)N(C2CC2)C1. The molecule has 1 N–H and O–H groups in total. The van der Waals surface area contributed by atoms with Crippen molar-refractivity contribution >= 4 is 28.3 Å². The summed E-state index contributed by atoms with van der Waals surface area (Å²) in [6.45, 7) is 0.584. The smallest absolute Gasteiger partial charge is 0.231 e. The zero-order valence-corrected chi connectivity index (χ0v) is 12.0. The summed E-state index contributed by atoms with van der Waals surface area (Å²) in [5, 5.41) is 3.61. The van der Waals surface area contributed by atoms with Gasteiger partial charge in [-0.1, -0.05) is 0 Å². The van der Waals surface area contributed by atoms with Crippen molar-refractivity contribution in [2.45, 2.75) is 44.6 Å². The molecule has 2 fully saturated rings. The highest BCUT2D eigenvalue weighted by molar-refractivity contribution is 7.15. The molecule has 106 valence electrons. The Morgan fingerprint density at radius 2 is 2.20 bits per heavy atom. The van der Waals surface area contributed by atoms with Gasteiger partial charge in [0.05, 0.1) is 11.6 Å². The van der Waals surface area contributed by atoms with Crippen LogP contribution in [0.5, 0.6) is 0 Å². The fraction of sp³-hybridized carbons (Fsp3) is 0.643. The van der Waals surface area contributed by atoms with Gasteiger partial charge in [-0.15, -0.1) is 11.3 Å². The standard InChI is InChI=1S/C14H17N3O2S/c18-12-6-8(7-17(12)9-4-5-9)13(19)16-14-15-10-2-1-3-11(10)20-14/h8-9H,1-7H2,(H,15,16,19). The van der Waals surface area contributed by atoms with Gasteiger partial charge in [-0.3, -0.25) is 9.59 Å². The van der Waals surface area contributed by atoms with Crippen LogP contribution in [0.15, 0.2) is 0 Å². The second-order valence-corrected chi connectivity index (χ2v) is 6.99. The van der Waals surface area contributed by atoms with Crippen molar-refractivity contribution in [2.24, 2.45) is 5.92 Å². The van der Waals surface area contributed by atoms with Gasteiger partial charge in [0.15, 0.2) is 5.13 Å². The lowest BCUT2D eigenvalue weighted by molar-refractivity contribution is -0.128. The Morgan fingerprint density at radius 1 is 1.35 bits per heavy atom. The zero-order valence-electron chi connectivity index (χ0n) is 11.2. The molecule has 1 aliphatic heterocycles.